The van der Waals surface area contributed by atoms with Gasteiger partial charge in [-0.1, -0.05) is 31.2 Å². The fourth-order valence-corrected chi connectivity index (χ4v) is 3.52. The van der Waals surface area contributed by atoms with E-state index < -0.39 is 5.97 Å². The maximum Gasteiger partial charge on any atom is 0.303 e. The molecular formula is C19H21NO4. The van der Waals surface area contributed by atoms with E-state index in [9.17, 15) is 14.7 Å². The van der Waals surface area contributed by atoms with Crippen LogP contribution in [0, 0.1) is 0 Å². The lowest BCUT2D eigenvalue weighted by atomic mass is 9.93. The Kier molecular flexibility index (Phi) is 4.42. The molecule has 0 fully saturated rings. The van der Waals surface area contributed by atoms with Gasteiger partial charge in [0, 0.05) is 36.8 Å². The van der Waals surface area contributed by atoms with Crippen molar-refractivity contribution in [3.63, 3.8) is 0 Å². The molecule has 0 aliphatic carbocycles. The molecule has 0 saturated carbocycles. The number of aliphatic carboxylic acids is 1. The molecule has 2 N–H and O–H groups in total. The van der Waals surface area contributed by atoms with E-state index >= 15 is 0 Å². The van der Waals surface area contributed by atoms with E-state index in [0.29, 0.717) is 13.0 Å². The summed E-state index contributed by atoms with van der Waals surface area (Å²) in [6.45, 7) is 2.68. The fourth-order valence-electron chi connectivity index (χ4n) is 3.52. The Morgan fingerprint density at radius 1 is 1.21 bits per heavy atom. The van der Waals surface area contributed by atoms with Gasteiger partial charge in [-0.25, -0.2) is 0 Å². The van der Waals surface area contributed by atoms with Crippen molar-refractivity contribution >= 4 is 28.3 Å². The Hall–Kier alpha value is -2.56. The molecule has 1 aliphatic rings. The molecule has 1 aliphatic heterocycles. The fraction of sp³-hybridized carbons (Fsp3) is 0.368. The Morgan fingerprint density at radius 3 is 2.58 bits per heavy atom. The molecule has 0 aromatic heterocycles. The highest BCUT2D eigenvalue weighted by molar-refractivity contribution is 6.03. The van der Waals surface area contributed by atoms with Gasteiger partial charge in [0.1, 0.15) is 5.75 Å². The first kappa shape index (κ1) is 16.3. The third kappa shape index (κ3) is 2.82. The molecule has 24 heavy (non-hydrogen) atoms. The topological polar surface area (TPSA) is 77.8 Å². The number of hydrogen-bond acceptors (Lipinski definition) is 3. The lowest BCUT2D eigenvalue weighted by molar-refractivity contribution is -0.137. The number of rotatable bonds is 5. The van der Waals surface area contributed by atoms with E-state index in [2.05, 4.69) is 6.92 Å². The van der Waals surface area contributed by atoms with Crippen molar-refractivity contribution in [2.45, 2.75) is 38.5 Å². The van der Waals surface area contributed by atoms with Crippen LogP contribution in [0.2, 0.25) is 0 Å². The van der Waals surface area contributed by atoms with Gasteiger partial charge in [0.15, 0.2) is 0 Å². The first-order valence-corrected chi connectivity index (χ1v) is 8.29. The van der Waals surface area contributed by atoms with Crippen molar-refractivity contribution in [1.82, 2.24) is 0 Å². The number of nitrogens with zero attached hydrogens (tertiary/aromatic N) is 1. The van der Waals surface area contributed by atoms with Crippen LogP contribution in [0.4, 0.5) is 5.69 Å². The predicted molar refractivity (Wildman–Crippen MR) is 92.5 cm³/mol. The van der Waals surface area contributed by atoms with Crippen molar-refractivity contribution in [3.8, 4) is 5.75 Å². The number of aromatic hydroxyl groups is 1. The Bertz CT molecular complexity index is 799. The molecule has 1 heterocycles. The van der Waals surface area contributed by atoms with Gasteiger partial charge in [0.2, 0.25) is 5.91 Å². The quantitative estimate of drug-likeness (QED) is 0.879. The van der Waals surface area contributed by atoms with Crippen molar-refractivity contribution in [3.05, 3.63) is 35.9 Å². The van der Waals surface area contributed by atoms with E-state index in [1.54, 1.807) is 11.0 Å². The molecule has 0 saturated heterocycles. The zero-order chi connectivity index (χ0) is 17.3. The summed E-state index contributed by atoms with van der Waals surface area (Å²) in [7, 11) is 0. The second-order valence-corrected chi connectivity index (χ2v) is 6.23. The Morgan fingerprint density at radius 2 is 1.92 bits per heavy atom. The minimum Gasteiger partial charge on any atom is -0.507 e. The van der Waals surface area contributed by atoms with E-state index in [0.717, 1.165) is 28.4 Å². The van der Waals surface area contributed by atoms with Crippen LogP contribution in [0.15, 0.2) is 30.3 Å². The summed E-state index contributed by atoms with van der Waals surface area (Å²) < 4.78 is 0. The minimum atomic E-state index is -0.889. The Labute approximate surface area is 140 Å². The summed E-state index contributed by atoms with van der Waals surface area (Å²) in [5, 5.41) is 20.8. The van der Waals surface area contributed by atoms with Gasteiger partial charge in [-0.15, -0.1) is 0 Å². The molecule has 2 aromatic rings. The lowest BCUT2D eigenvalue weighted by Gasteiger charge is -2.18. The molecule has 3 rings (SSSR count). The van der Waals surface area contributed by atoms with Crippen LogP contribution in [0.3, 0.4) is 0 Å². The average molecular weight is 327 g/mol. The van der Waals surface area contributed by atoms with E-state index in [1.807, 2.05) is 24.3 Å². The highest BCUT2D eigenvalue weighted by Crippen LogP contribution is 2.46. The molecular weight excluding hydrogens is 306 g/mol. The maximum absolute atomic E-state index is 12.5. The number of phenols is 1. The van der Waals surface area contributed by atoms with Gasteiger partial charge in [0.05, 0.1) is 5.69 Å². The molecule has 0 bridgehead atoms. The number of anilines is 1. The third-order valence-corrected chi connectivity index (χ3v) is 4.72. The number of carbonyl (C=O) groups excluding carboxylic acids is 1. The smallest absolute Gasteiger partial charge is 0.303 e. The summed E-state index contributed by atoms with van der Waals surface area (Å²) in [6.07, 6.45) is 1.43. The molecule has 0 spiro atoms. The SMILES string of the molecule is CC[C@@H]1CN(C(=O)CCCC(=O)O)c2cc(O)c3ccccc3c21. The Balaban J connectivity index is 1.97. The highest BCUT2D eigenvalue weighted by atomic mass is 16.4. The van der Waals surface area contributed by atoms with Gasteiger partial charge >= 0.3 is 5.97 Å². The molecule has 1 amide bonds. The van der Waals surface area contributed by atoms with Crippen LogP contribution in [0.5, 0.6) is 5.75 Å². The summed E-state index contributed by atoms with van der Waals surface area (Å²) >= 11 is 0. The first-order valence-electron chi connectivity index (χ1n) is 8.29. The largest absolute Gasteiger partial charge is 0.507 e. The van der Waals surface area contributed by atoms with Crippen molar-refractivity contribution < 1.29 is 19.8 Å². The lowest BCUT2D eigenvalue weighted by Crippen LogP contribution is -2.29. The van der Waals surface area contributed by atoms with E-state index in [4.69, 9.17) is 5.11 Å². The van der Waals surface area contributed by atoms with Gasteiger partial charge in [-0.2, -0.15) is 0 Å². The second-order valence-electron chi connectivity index (χ2n) is 6.23. The van der Waals surface area contributed by atoms with Gasteiger partial charge < -0.3 is 15.1 Å². The van der Waals surface area contributed by atoms with E-state index in [1.165, 1.54) is 0 Å². The van der Waals surface area contributed by atoms with Crippen LogP contribution < -0.4 is 4.90 Å². The normalized spacial score (nSPS) is 16.4. The van der Waals surface area contributed by atoms with Crippen molar-refractivity contribution in [2.24, 2.45) is 0 Å². The standard InChI is InChI=1S/C19H21NO4/c1-2-12-11-20(17(22)8-5-9-18(23)24)15-10-16(21)13-6-3-4-7-14(13)19(12)15/h3-4,6-7,10,12,21H,2,5,8-9,11H2,1H3,(H,23,24)/t12-/m1/s1. The maximum atomic E-state index is 12.5. The minimum absolute atomic E-state index is 0.00733. The van der Waals surface area contributed by atoms with Crippen molar-refractivity contribution in [1.29, 1.82) is 0 Å². The average Bonchev–Trinajstić information content (AvgIpc) is 2.93. The van der Waals surface area contributed by atoms with E-state index in [-0.39, 0.29) is 30.4 Å². The predicted octanol–water partition coefficient (Wildman–Crippen LogP) is 3.64. The zero-order valence-electron chi connectivity index (χ0n) is 13.7. The summed E-state index contributed by atoms with van der Waals surface area (Å²) in [5.74, 6) is -0.568. The number of benzene rings is 2. The highest BCUT2D eigenvalue weighted by Gasteiger charge is 2.33. The molecule has 5 nitrogen and oxygen atoms in total. The number of carboxylic acids is 1. The number of fused-ring (bicyclic) bond motifs is 3. The number of carboxylic acid groups (broad SMARTS) is 1. The molecule has 126 valence electrons. The molecule has 0 radical (unpaired) electrons. The molecule has 0 unspecified atom stereocenters. The number of carbonyl (C=O) groups is 2. The van der Waals surface area contributed by atoms with Crippen LogP contribution >= 0.6 is 0 Å². The molecule has 5 heteroatoms. The summed E-state index contributed by atoms with van der Waals surface area (Å²) in [5.41, 5.74) is 1.87. The van der Waals surface area contributed by atoms with Crippen LogP contribution in [0.25, 0.3) is 10.8 Å². The second kappa shape index (κ2) is 6.51. The van der Waals surface area contributed by atoms with Gasteiger partial charge in [-0.3, -0.25) is 9.59 Å². The van der Waals surface area contributed by atoms with Crippen LogP contribution in [-0.4, -0.2) is 28.6 Å². The van der Waals surface area contributed by atoms with Gasteiger partial charge in [-0.05, 0) is 23.8 Å². The molecule has 2 aromatic carbocycles. The zero-order valence-corrected chi connectivity index (χ0v) is 13.7. The summed E-state index contributed by atoms with van der Waals surface area (Å²) in [4.78, 5) is 24.9. The number of amides is 1. The van der Waals surface area contributed by atoms with Crippen LogP contribution in [-0.2, 0) is 9.59 Å². The number of hydrogen-bond donors (Lipinski definition) is 2. The third-order valence-electron chi connectivity index (χ3n) is 4.72. The first-order chi connectivity index (χ1) is 11.5. The van der Waals surface area contributed by atoms with Crippen molar-refractivity contribution in [2.75, 3.05) is 11.4 Å². The summed E-state index contributed by atoms with van der Waals surface area (Å²) in [6, 6.07) is 9.36. The molecule has 1 atom stereocenters. The number of phenolic OH excluding ortho intramolecular Hbond substituents is 1. The van der Waals surface area contributed by atoms with Gasteiger partial charge in [0.25, 0.3) is 0 Å². The monoisotopic (exact) mass is 327 g/mol. The van der Waals surface area contributed by atoms with Crippen LogP contribution in [0.1, 0.15) is 44.1 Å².